The second kappa shape index (κ2) is 5.96. The van der Waals surface area contributed by atoms with Gasteiger partial charge in [0.15, 0.2) is 9.84 Å². The van der Waals surface area contributed by atoms with E-state index in [1.807, 2.05) is 0 Å². The Balaban J connectivity index is 1.64. The average Bonchev–Trinajstić information content (AvgIpc) is 2.70. The van der Waals surface area contributed by atoms with Crippen molar-refractivity contribution < 1.29 is 17.9 Å². The molecule has 0 aromatic heterocycles. The lowest BCUT2D eigenvalue weighted by molar-refractivity contribution is -0.137. The molecule has 2 saturated heterocycles. The van der Waals surface area contributed by atoms with Crippen molar-refractivity contribution >= 4 is 15.7 Å². The summed E-state index contributed by atoms with van der Waals surface area (Å²) in [5.41, 5.74) is 1.22. The molecule has 1 unspecified atom stereocenters. The summed E-state index contributed by atoms with van der Waals surface area (Å²) in [6.07, 6.45) is 7.74. The third kappa shape index (κ3) is 2.60. The molecule has 3 rings (SSSR count). The molecule has 3 aliphatic rings. The Kier molecular flexibility index (Phi) is 4.34. The largest absolute Gasteiger partial charge is 0.384 e. The van der Waals surface area contributed by atoms with E-state index < -0.39 is 14.6 Å². The minimum Gasteiger partial charge on any atom is -0.384 e. The predicted molar refractivity (Wildman–Crippen MR) is 84.2 cm³/mol. The van der Waals surface area contributed by atoms with Crippen LogP contribution in [0.3, 0.4) is 0 Å². The number of nitrogens with zero attached hydrogens (tertiary/aromatic N) is 1. The third-order valence-electron chi connectivity index (χ3n) is 5.50. The normalized spacial score (nSPS) is 29.2. The lowest BCUT2D eigenvalue weighted by Crippen LogP contribution is -2.68. The van der Waals surface area contributed by atoms with Crippen molar-refractivity contribution in [1.82, 2.24) is 4.90 Å². The van der Waals surface area contributed by atoms with Gasteiger partial charge in [0.25, 0.3) is 0 Å². The molecule has 0 N–H and O–H groups in total. The van der Waals surface area contributed by atoms with Crippen molar-refractivity contribution in [3.63, 3.8) is 0 Å². The van der Waals surface area contributed by atoms with Crippen LogP contribution in [0, 0.1) is 5.92 Å². The van der Waals surface area contributed by atoms with Crippen LogP contribution in [0.1, 0.15) is 38.5 Å². The quantitative estimate of drug-likeness (QED) is 0.735. The highest BCUT2D eigenvalue weighted by Crippen LogP contribution is 2.45. The van der Waals surface area contributed by atoms with Gasteiger partial charge in [-0.1, -0.05) is 11.6 Å². The molecule has 1 atom stereocenters. The van der Waals surface area contributed by atoms with Crippen LogP contribution in [0.15, 0.2) is 11.6 Å². The Morgan fingerprint density at radius 1 is 1.41 bits per heavy atom. The smallest absolute Gasteiger partial charge is 0.226 e. The van der Waals surface area contributed by atoms with Gasteiger partial charge < -0.3 is 9.64 Å². The Labute approximate surface area is 132 Å². The van der Waals surface area contributed by atoms with E-state index >= 15 is 0 Å². The first-order valence-corrected chi connectivity index (χ1v) is 9.81. The molecule has 1 amide bonds. The molecular formula is C16H25NO4S. The maximum absolute atomic E-state index is 12.4. The first-order chi connectivity index (χ1) is 10.5. The van der Waals surface area contributed by atoms with Crippen LogP contribution in [0.2, 0.25) is 0 Å². The molecule has 0 aromatic carbocycles. The Hall–Kier alpha value is -0.880. The SMILES string of the molecule is COCC1CCS(=O)(=O)C12CN(C(=O)CC1=CCCCC1)C2. The average molecular weight is 327 g/mol. The van der Waals surface area contributed by atoms with Gasteiger partial charge in [0.2, 0.25) is 5.91 Å². The van der Waals surface area contributed by atoms with E-state index in [0.717, 1.165) is 19.3 Å². The highest BCUT2D eigenvalue weighted by Gasteiger charge is 2.62. The Morgan fingerprint density at radius 2 is 2.18 bits per heavy atom. The number of hydrogen-bond donors (Lipinski definition) is 0. The molecule has 124 valence electrons. The number of amides is 1. The van der Waals surface area contributed by atoms with Gasteiger partial charge in [-0.05, 0) is 32.1 Å². The summed E-state index contributed by atoms with van der Waals surface area (Å²) >= 11 is 0. The Bertz CT molecular complexity index is 575. The maximum Gasteiger partial charge on any atom is 0.226 e. The zero-order valence-corrected chi connectivity index (χ0v) is 14.0. The van der Waals surface area contributed by atoms with Crippen LogP contribution >= 0.6 is 0 Å². The number of carbonyl (C=O) groups is 1. The lowest BCUT2D eigenvalue weighted by Gasteiger charge is -2.50. The molecular weight excluding hydrogens is 302 g/mol. The molecule has 6 heteroatoms. The van der Waals surface area contributed by atoms with Gasteiger partial charge in [0.1, 0.15) is 4.75 Å². The molecule has 2 fully saturated rings. The first kappa shape index (κ1) is 16.0. The molecule has 1 spiro atoms. The van der Waals surface area contributed by atoms with Gasteiger partial charge in [-0.3, -0.25) is 4.79 Å². The van der Waals surface area contributed by atoms with E-state index in [1.54, 1.807) is 12.0 Å². The zero-order valence-electron chi connectivity index (χ0n) is 13.2. The van der Waals surface area contributed by atoms with Gasteiger partial charge >= 0.3 is 0 Å². The number of hydrogen-bond acceptors (Lipinski definition) is 4. The minimum atomic E-state index is -3.11. The number of rotatable bonds is 4. The predicted octanol–water partition coefficient (Wildman–Crippen LogP) is 1.54. The highest BCUT2D eigenvalue weighted by molar-refractivity contribution is 7.93. The van der Waals surface area contributed by atoms with E-state index in [2.05, 4.69) is 6.08 Å². The molecule has 22 heavy (non-hydrogen) atoms. The minimum absolute atomic E-state index is 0.0282. The third-order valence-corrected chi connectivity index (χ3v) is 8.10. The number of allylic oxidation sites excluding steroid dienone is 1. The number of sulfone groups is 1. The van der Waals surface area contributed by atoms with Crippen molar-refractivity contribution in [2.24, 2.45) is 5.92 Å². The fourth-order valence-corrected chi connectivity index (χ4v) is 6.46. The molecule has 0 bridgehead atoms. The van der Waals surface area contributed by atoms with Crippen LogP contribution < -0.4 is 0 Å². The molecule has 5 nitrogen and oxygen atoms in total. The van der Waals surface area contributed by atoms with E-state index in [-0.39, 0.29) is 17.6 Å². The van der Waals surface area contributed by atoms with Crippen molar-refractivity contribution in [2.45, 2.75) is 43.3 Å². The highest BCUT2D eigenvalue weighted by atomic mass is 32.2. The van der Waals surface area contributed by atoms with E-state index in [4.69, 9.17) is 4.74 Å². The van der Waals surface area contributed by atoms with Gasteiger partial charge in [0.05, 0.1) is 12.4 Å². The fourth-order valence-electron chi connectivity index (χ4n) is 4.06. The standard InChI is InChI=1S/C16H25NO4S/c1-21-10-14-7-8-22(19,20)16(14)11-17(12-16)15(18)9-13-5-3-2-4-6-13/h5,14H,2-4,6-12H2,1H3. The summed E-state index contributed by atoms with van der Waals surface area (Å²) in [6.45, 7) is 1.18. The van der Waals surface area contributed by atoms with Crippen molar-refractivity contribution in [3.8, 4) is 0 Å². The number of methoxy groups -OCH3 is 1. The second-order valence-electron chi connectivity index (χ2n) is 6.86. The number of likely N-dealkylation sites (tertiary alicyclic amines) is 1. The first-order valence-electron chi connectivity index (χ1n) is 8.15. The van der Waals surface area contributed by atoms with Gasteiger partial charge in [0, 0.05) is 32.5 Å². The lowest BCUT2D eigenvalue weighted by atomic mass is 9.83. The number of ether oxygens (including phenoxy) is 1. The topological polar surface area (TPSA) is 63.7 Å². The van der Waals surface area contributed by atoms with Crippen molar-refractivity contribution in [1.29, 1.82) is 0 Å². The molecule has 0 saturated carbocycles. The molecule has 0 radical (unpaired) electrons. The van der Waals surface area contributed by atoms with Crippen LogP contribution in [0.25, 0.3) is 0 Å². The van der Waals surface area contributed by atoms with Crippen molar-refractivity contribution in [3.05, 3.63) is 11.6 Å². The van der Waals surface area contributed by atoms with E-state index in [1.165, 1.54) is 12.0 Å². The summed E-state index contributed by atoms with van der Waals surface area (Å²) in [5.74, 6) is 0.339. The summed E-state index contributed by atoms with van der Waals surface area (Å²) in [7, 11) is -1.50. The maximum atomic E-state index is 12.4. The molecule has 2 heterocycles. The van der Waals surface area contributed by atoms with Gasteiger partial charge in [-0.25, -0.2) is 8.42 Å². The number of carbonyl (C=O) groups excluding carboxylic acids is 1. The van der Waals surface area contributed by atoms with Crippen LogP contribution in [0.4, 0.5) is 0 Å². The monoisotopic (exact) mass is 327 g/mol. The zero-order chi connectivity index (χ0) is 15.8. The summed E-state index contributed by atoms with van der Waals surface area (Å²) in [6, 6.07) is 0. The summed E-state index contributed by atoms with van der Waals surface area (Å²) in [4.78, 5) is 14.1. The summed E-state index contributed by atoms with van der Waals surface area (Å²) in [5, 5.41) is 0. The van der Waals surface area contributed by atoms with Crippen LogP contribution in [-0.4, -0.2) is 56.5 Å². The molecule has 1 aliphatic carbocycles. The summed E-state index contributed by atoms with van der Waals surface area (Å²) < 4.78 is 29.3. The van der Waals surface area contributed by atoms with Crippen LogP contribution in [-0.2, 0) is 19.4 Å². The molecule has 0 aromatic rings. The molecule has 2 aliphatic heterocycles. The second-order valence-corrected chi connectivity index (χ2v) is 9.31. The Morgan fingerprint density at radius 3 is 2.82 bits per heavy atom. The van der Waals surface area contributed by atoms with E-state index in [9.17, 15) is 13.2 Å². The fraction of sp³-hybridized carbons (Fsp3) is 0.812. The van der Waals surface area contributed by atoms with E-state index in [0.29, 0.717) is 32.5 Å². The van der Waals surface area contributed by atoms with Gasteiger partial charge in [-0.15, -0.1) is 0 Å². The van der Waals surface area contributed by atoms with Crippen molar-refractivity contribution in [2.75, 3.05) is 32.6 Å². The van der Waals surface area contributed by atoms with Crippen LogP contribution in [0.5, 0.6) is 0 Å². The van der Waals surface area contributed by atoms with Gasteiger partial charge in [-0.2, -0.15) is 0 Å².